The van der Waals surface area contributed by atoms with E-state index in [0.29, 0.717) is 6.42 Å². The third-order valence-electron chi connectivity index (χ3n) is 1.78. The molecule has 0 aromatic carbocycles. The highest BCUT2D eigenvalue weighted by molar-refractivity contribution is 4.86. The van der Waals surface area contributed by atoms with Crippen LogP contribution in [0.1, 0.15) is 19.8 Å². The Morgan fingerprint density at radius 2 is 2.30 bits per heavy atom. The summed E-state index contributed by atoms with van der Waals surface area (Å²) in [4.78, 5) is 0. The number of hydrogen-bond donors (Lipinski definition) is 1. The van der Waals surface area contributed by atoms with Gasteiger partial charge < -0.3 is 9.84 Å². The van der Waals surface area contributed by atoms with E-state index in [-0.39, 0.29) is 18.3 Å². The monoisotopic (exact) mass is 142 g/mol. The quantitative estimate of drug-likeness (QED) is 0.555. The van der Waals surface area contributed by atoms with Gasteiger partial charge in [-0.2, -0.15) is 0 Å². The molecule has 1 aliphatic rings. The zero-order valence-electron chi connectivity index (χ0n) is 6.29. The maximum absolute atomic E-state index is 9.25. The van der Waals surface area contributed by atoms with Gasteiger partial charge in [0, 0.05) is 6.42 Å². The molecule has 2 heteroatoms. The summed E-state index contributed by atoms with van der Waals surface area (Å²) in [5.74, 6) is 0. The summed E-state index contributed by atoms with van der Waals surface area (Å²) >= 11 is 0. The van der Waals surface area contributed by atoms with E-state index in [0.717, 1.165) is 6.42 Å². The average molecular weight is 142 g/mol. The van der Waals surface area contributed by atoms with Crippen LogP contribution in [0.5, 0.6) is 0 Å². The second kappa shape index (κ2) is 3.17. The van der Waals surface area contributed by atoms with Crippen LogP contribution in [0.15, 0.2) is 12.7 Å². The van der Waals surface area contributed by atoms with Crippen LogP contribution in [0.2, 0.25) is 0 Å². The maximum atomic E-state index is 9.25. The molecule has 1 rings (SSSR count). The molecule has 10 heavy (non-hydrogen) atoms. The molecule has 0 radical (unpaired) electrons. The Morgan fingerprint density at radius 3 is 2.80 bits per heavy atom. The molecule has 1 heterocycles. The highest BCUT2D eigenvalue weighted by atomic mass is 16.5. The zero-order chi connectivity index (χ0) is 7.56. The highest BCUT2D eigenvalue weighted by Crippen LogP contribution is 2.19. The summed E-state index contributed by atoms with van der Waals surface area (Å²) < 4.78 is 5.43. The van der Waals surface area contributed by atoms with Gasteiger partial charge >= 0.3 is 0 Å². The lowest BCUT2D eigenvalue weighted by molar-refractivity contribution is -0.0671. The zero-order valence-corrected chi connectivity index (χ0v) is 6.29. The van der Waals surface area contributed by atoms with E-state index in [9.17, 15) is 5.11 Å². The molecule has 0 aromatic rings. The van der Waals surface area contributed by atoms with Crippen LogP contribution >= 0.6 is 0 Å². The SMILES string of the molecule is C=C[C@H]1C[C@@H](O)C[C@H](C)O1. The Bertz CT molecular complexity index is 112. The molecule has 0 aromatic heterocycles. The molecule has 1 aliphatic heterocycles. The number of ether oxygens (including phenoxy) is 1. The molecule has 0 spiro atoms. The summed E-state index contributed by atoms with van der Waals surface area (Å²) in [5.41, 5.74) is 0. The number of aliphatic hydroxyl groups excluding tert-OH is 1. The fraction of sp³-hybridized carbons (Fsp3) is 0.750. The summed E-state index contributed by atoms with van der Waals surface area (Å²) in [6.07, 6.45) is 3.23. The largest absolute Gasteiger partial charge is 0.393 e. The smallest absolute Gasteiger partial charge is 0.0781 e. The second-order valence-corrected chi connectivity index (χ2v) is 2.85. The predicted octanol–water partition coefficient (Wildman–Crippen LogP) is 1.10. The molecular weight excluding hydrogens is 128 g/mol. The van der Waals surface area contributed by atoms with Gasteiger partial charge in [0.2, 0.25) is 0 Å². The third-order valence-corrected chi connectivity index (χ3v) is 1.78. The third kappa shape index (κ3) is 1.82. The molecule has 58 valence electrons. The Morgan fingerprint density at radius 1 is 1.60 bits per heavy atom. The van der Waals surface area contributed by atoms with Crippen LogP contribution in [0.3, 0.4) is 0 Å². The molecule has 0 unspecified atom stereocenters. The van der Waals surface area contributed by atoms with Gasteiger partial charge in [0.1, 0.15) is 0 Å². The van der Waals surface area contributed by atoms with E-state index in [4.69, 9.17) is 4.74 Å². The Labute approximate surface area is 61.5 Å². The van der Waals surface area contributed by atoms with Crippen molar-refractivity contribution in [2.45, 2.75) is 38.1 Å². The highest BCUT2D eigenvalue weighted by Gasteiger charge is 2.22. The lowest BCUT2D eigenvalue weighted by Crippen LogP contribution is -2.32. The van der Waals surface area contributed by atoms with Crippen molar-refractivity contribution in [2.75, 3.05) is 0 Å². The molecule has 1 saturated heterocycles. The molecule has 2 nitrogen and oxygen atoms in total. The van der Waals surface area contributed by atoms with Crippen LogP contribution in [-0.4, -0.2) is 23.4 Å². The summed E-state index contributed by atoms with van der Waals surface area (Å²) in [5, 5.41) is 9.25. The fourth-order valence-corrected chi connectivity index (χ4v) is 1.31. The minimum absolute atomic E-state index is 0.0544. The first kappa shape index (κ1) is 7.76. The normalized spacial score (nSPS) is 41.2. The van der Waals surface area contributed by atoms with Gasteiger partial charge in [0.25, 0.3) is 0 Å². The minimum atomic E-state index is -0.202. The molecule has 0 aliphatic carbocycles. The second-order valence-electron chi connectivity index (χ2n) is 2.85. The van der Waals surface area contributed by atoms with E-state index in [2.05, 4.69) is 6.58 Å². The van der Waals surface area contributed by atoms with Crippen molar-refractivity contribution in [1.82, 2.24) is 0 Å². The predicted molar refractivity (Wildman–Crippen MR) is 39.8 cm³/mol. The van der Waals surface area contributed by atoms with E-state index < -0.39 is 0 Å². The summed E-state index contributed by atoms with van der Waals surface area (Å²) in [6.45, 7) is 5.59. The van der Waals surface area contributed by atoms with Gasteiger partial charge in [-0.05, 0) is 13.3 Å². The van der Waals surface area contributed by atoms with E-state index in [1.807, 2.05) is 6.92 Å². The Kier molecular flexibility index (Phi) is 2.46. The molecule has 0 saturated carbocycles. The minimum Gasteiger partial charge on any atom is -0.393 e. The molecular formula is C8H14O2. The van der Waals surface area contributed by atoms with Crippen molar-refractivity contribution in [3.63, 3.8) is 0 Å². The van der Waals surface area contributed by atoms with Crippen molar-refractivity contribution in [3.05, 3.63) is 12.7 Å². The summed E-state index contributed by atoms with van der Waals surface area (Å²) in [6, 6.07) is 0. The van der Waals surface area contributed by atoms with Crippen molar-refractivity contribution >= 4 is 0 Å². The standard InChI is InChI=1S/C8H14O2/c1-3-8-5-7(9)4-6(2)10-8/h3,6-9H,1,4-5H2,2H3/t6-,7-,8-/m0/s1. The first-order valence-electron chi connectivity index (χ1n) is 3.68. The van der Waals surface area contributed by atoms with Crippen molar-refractivity contribution in [2.24, 2.45) is 0 Å². The van der Waals surface area contributed by atoms with Crippen LogP contribution in [0.4, 0.5) is 0 Å². The lowest BCUT2D eigenvalue weighted by atomic mass is 10.0. The van der Waals surface area contributed by atoms with E-state index in [1.165, 1.54) is 0 Å². The van der Waals surface area contributed by atoms with Crippen LogP contribution in [0, 0.1) is 0 Å². The van der Waals surface area contributed by atoms with Crippen LogP contribution < -0.4 is 0 Å². The summed E-state index contributed by atoms with van der Waals surface area (Å²) in [7, 11) is 0. The van der Waals surface area contributed by atoms with Crippen molar-refractivity contribution in [3.8, 4) is 0 Å². The van der Waals surface area contributed by atoms with Gasteiger partial charge in [0.15, 0.2) is 0 Å². The van der Waals surface area contributed by atoms with Crippen molar-refractivity contribution < 1.29 is 9.84 Å². The molecule has 1 N–H and O–H groups in total. The average Bonchev–Trinajstić information content (AvgIpc) is 1.85. The van der Waals surface area contributed by atoms with Gasteiger partial charge in [-0.3, -0.25) is 0 Å². The van der Waals surface area contributed by atoms with Crippen molar-refractivity contribution in [1.29, 1.82) is 0 Å². The number of hydrogen-bond acceptors (Lipinski definition) is 2. The van der Waals surface area contributed by atoms with Gasteiger partial charge in [-0.25, -0.2) is 0 Å². The molecule has 0 bridgehead atoms. The molecule has 1 fully saturated rings. The molecule has 0 amide bonds. The first-order chi connectivity index (χ1) is 4.72. The number of aliphatic hydroxyl groups is 1. The van der Waals surface area contributed by atoms with E-state index >= 15 is 0 Å². The Hall–Kier alpha value is -0.340. The van der Waals surface area contributed by atoms with Crippen LogP contribution in [0.25, 0.3) is 0 Å². The molecule has 3 atom stereocenters. The Balaban J connectivity index is 2.42. The maximum Gasteiger partial charge on any atom is 0.0781 e. The fourth-order valence-electron chi connectivity index (χ4n) is 1.31. The van der Waals surface area contributed by atoms with E-state index in [1.54, 1.807) is 6.08 Å². The lowest BCUT2D eigenvalue weighted by Gasteiger charge is -2.29. The van der Waals surface area contributed by atoms with Gasteiger partial charge in [0.05, 0.1) is 18.3 Å². The van der Waals surface area contributed by atoms with Crippen LogP contribution in [-0.2, 0) is 4.74 Å². The topological polar surface area (TPSA) is 29.5 Å². The van der Waals surface area contributed by atoms with Gasteiger partial charge in [-0.15, -0.1) is 6.58 Å². The van der Waals surface area contributed by atoms with Gasteiger partial charge in [-0.1, -0.05) is 6.08 Å². The first-order valence-corrected chi connectivity index (χ1v) is 3.68. The number of rotatable bonds is 1.